The van der Waals surface area contributed by atoms with E-state index in [1.807, 2.05) is 13.8 Å². The largest absolute Gasteiger partial charge is 0.376 e. The van der Waals surface area contributed by atoms with Gasteiger partial charge in [-0.05, 0) is 37.0 Å². The standard InChI is InChI=1S/C18H22N2O4/c1-11(2)10-20-17(22)14-6-5-12(8-15(14)18(20)23)16(21)19-9-13-4-3-7-24-13/h5-6,8,11,13H,3-4,7,9-10H2,1-2H3,(H,19,21)/t13-/m0/s1. The predicted octanol–water partition coefficient (Wildman–Crippen LogP) is 1.85. The summed E-state index contributed by atoms with van der Waals surface area (Å²) < 4.78 is 5.48. The Hall–Kier alpha value is -2.21. The normalized spacial score (nSPS) is 20.0. The van der Waals surface area contributed by atoms with E-state index < -0.39 is 0 Å². The summed E-state index contributed by atoms with van der Waals surface area (Å²) in [5, 5.41) is 2.83. The molecule has 3 rings (SSSR count). The Labute approximate surface area is 141 Å². The number of amides is 3. The number of rotatable bonds is 5. The minimum Gasteiger partial charge on any atom is -0.376 e. The fourth-order valence-electron chi connectivity index (χ4n) is 3.08. The number of ether oxygens (including phenoxy) is 1. The molecule has 1 saturated heterocycles. The second-order valence-electron chi connectivity index (χ2n) is 6.72. The molecular formula is C18H22N2O4. The molecule has 0 spiro atoms. The smallest absolute Gasteiger partial charge is 0.261 e. The molecule has 1 aromatic carbocycles. The highest BCUT2D eigenvalue weighted by Gasteiger charge is 2.36. The number of fused-ring (bicyclic) bond motifs is 1. The van der Waals surface area contributed by atoms with Gasteiger partial charge >= 0.3 is 0 Å². The molecule has 0 radical (unpaired) electrons. The molecule has 0 aliphatic carbocycles. The van der Waals surface area contributed by atoms with Gasteiger partial charge < -0.3 is 10.1 Å². The van der Waals surface area contributed by atoms with E-state index in [-0.39, 0.29) is 29.7 Å². The van der Waals surface area contributed by atoms with E-state index in [1.165, 1.54) is 11.0 Å². The molecule has 1 N–H and O–H groups in total. The number of nitrogens with zero attached hydrogens (tertiary/aromatic N) is 1. The number of hydrogen-bond donors (Lipinski definition) is 1. The van der Waals surface area contributed by atoms with Crippen LogP contribution in [0.5, 0.6) is 0 Å². The molecule has 3 amide bonds. The van der Waals surface area contributed by atoms with Gasteiger partial charge in [0.15, 0.2) is 0 Å². The molecule has 6 nitrogen and oxygen atoms in total. The van der Waals surface area contributed by atoms with Crippen LogP contribution in [-0.2, 0) is 4.74 Å². The van der Waals surface area contributed by atoms with Crippen LogP contribution < -0.4 is 5.32 Å². The maximum atomic E-state index is 12.4. The molecule has 1 fully saturated rings. The van der Waals surface area contributed by atoms with Crippen LogP contribution in [0.4, 0.5) is 0 Å². The summed E-state index contributed by atoms with van der Waals surface area (Å²) in [6, 6.07) is 4.67. The van der Waals surface area contributed by atoms with E-state index in [1.54, 1.807) is 12.1 Å². The van der Waals surface area contributed by atoms with E-state index in [0.29, 0.717) is 29.8 Å². The molecule has 1 atom stereocenters. The Balaban J connectivity index is 1.72. The highest BCUT2D eigenvalue weighted by molar-refractivity contribution is 6.22. The molecule has 0 saturated carbocycles. The Morgan fingerprint density at radius 2 is 2.04 bits per heavy atom. The Morgan fingerprint density at radius 3 is 2.71 bits per heavy atom. The van der Waals surface area contributed by atoms with Gasteiger partial charge in [0.2, 0.25) is 0 Å². The summed E-state index contributed by atoms with van der Waals surface area (Å²) in [6.07, 6.45) is 2.02. The van der Waals surface area contributed by atoms with E-state index in [4.69, 9.17) is 4.74 Å². The molecule has 24 heavy (non-hydrogen) atoms. The third kappa shape index (κ3) is 3.19. The van der Waals surface area contributed by atoms with Crippen molar-refractivity contribution in [2.75, 3.05) is 19.7 Å². The van der Waals surface area contributed by atoms with Crippen LogP contribution in [0.1, 0.15) is 57.8 Å². The number of benzene rings is 1. The summed E-state index contributed by atoms with van der Waals surface area (Å²) in [7, 11) is 0. The van der Waals surface area contributed by atoms with Gasteiger partial charge in [0.25, 0.3) is 17.7 Å². The molecule has 0 aromatic heterocycles. The summed E-state index contributed by atoms with van der Waals surface area (Å²) in [6.45, 7) is 5.48. The minimum atomic E-state index is -0.322. The van der Waals surface area contributed by atoms with Crippen molar-refractivity contribution in [3.05, 3.63) is 34.9 Å². The zero-order valence-corrected chi connectivity index (χ0v) is 14.0. The van der Waals surface area contributed by atoms with Crippen molar-refractivity contribution >= 4 is 17.7 Å². The number of carbonyl (C=O) groups excluding carboxylic acids is 3. The van der Waals surface area contributed by atoms with Crippen LogP contribution in [0, 0.1) is 5.92 Å². The zero-order chi connectivity index (χ0) is 17.3. The van der Waals surface area contributed by atoms with E-state index in [0.717, 1.165) is 19.4 Å². The van der Waals surface area contributed by atoms with Crippen LogP contribution in [0.3, 0.4) is 0 Å². The van der Waals surface area contributed by atoms with Gasteiger partial charge in [0.1, 0.15) is 0 Å². The molecule has 128 valence electrons. The van der Waals surface area contributed by atoms with Crippen LogP contribution in [0.25, 0.3) is 0 Å². The second kappa shape index (κ2) is 6.73. The first-order chi connectivity index (χ1) is 11.5. The molecule has 2 aliphatic heterocycles. The Bertz CT molecular complexity index is 678. The van der Waals surface area contributed by atoms with Crippen molar-refractivity contribution in [1.29, 1.82) is 0 Å². The van der Waals surface area contributed by atoms with Crippen LogP contribution >= 0.6 is 0 Å². The lowest BCUT2D eigenvalue weighted by Gasteiger charge is -2.15. The maximum Gasteiger partial charge on any atom is 0.261 e. The average Bonchev–Trinajstić information content (AvgIpc) is 3.15. The second-order valence-corrected chi connectivity index (χ2v) is 6.72. The lowest BCUT2D eigenvalue weighted by Crippen LogP contribution is -2.33. The molecule has 0 unspecified atom stereocenters. The third-order valence-corrected chi connectivity index (χ3v) is 4.29. The van der Waals surface area contributed by atoms with Crippen LogP contribution in [-0.4, -0.2) is 48.4 Å². The van der Waals surface area contributed by atoms with Crippen molar-refractivity contribution in [3.8, 4) is 0 Å². The summed E-state index contributed by atoms with van der Waals surface area (Å²) in [5.41, 5.74) is 1.07. The maximum absolute atomic E-state index is 12.4. The summed E-state index contributed by atoms with van der Waals surface area (Å²) in [4.78, 5) is 38.3. The lowest BCUT2D eigenvalue weighted by molar-refractivity contribution is 0.0636. The quantitative estimate of drug-likeness (QED) is 0.836. The molecule has 2 heterocycles. The Morgan fingerprint density at radius 1 is 1.29 bits per heavy atom. The highest BCUT2D eigenvalue weighted by Crippen LogP contribution is 2.25. The number of hydrogen-bond acceptors (Lipinski definition) is 4. The number of nitrogens with one attached hydrogen (secondary N) is 1. The average molecular weight is 330 g/mol. The minimum absolute atomic E-state index is 0.0631. The van der Waals surface area contributed by atoms with Gasteiger partial charge in [-0.1, -0.05) is 13.8 Å². The monoisotopic (exact) mass is 330 g/mol. The van der Waals surface area contributed by atoms with Crippen molar-refractivity contribution in [2.24, 2.45) is 5.92 Å². The van der Waals surface area contributed by atoms with Crippen molar-refractivity contribution in [3.63, 3.8) is 0 Å². The molecule has 2 aliphatic rings. The first-order valence-corrected chi connectivity index (χ1v) is 8.37. The molecular weight excluding hydrogens is 308 g/mol. The van der Waals surface area contributed by atoms with E-state index >= 15 is 0 Å². The fourth-order valence-corrected chi connectivity index (χ4v) is 3.08. The van der Waals surface area contributed by atoms with Crippen molar-refractivity contribution < 1.29 is 19.1 Å². The van der Waals surface area contributed by atoms with Gasteiger partial charge in [-0.3, -0.25) is 19.3 Å². The lowest BCUT2D eigenvalue weighted by atomic mass is 10.1. The third-order valence-electron chi connectivity index (χ3n) is 4.29. The van der Waals surface area contributed by atoms with Gasteiger partial charge in [-0.25, -0.2) is 0 Å². The number of carbonyl (C=O) groups is 3. The fraction of sp³-hybridized carbons (Fsp3) is 0.500. The van der Waals surface area contributed by atoms with E-state index in [2.05, 4.69) is 5.32 Å². The first kappa shape index (κ1) is 16.6. The van der Waals surface area contributed by atoms with Crippen molar-refractivity contribution in [1.82, 2.24) is 10.2 Å². The van der Waals surface area contributed by atoms with Gasteiger partial charge in [0.05, 0.1) is 17.2 Å². The summed E-state index contributed by atoms with van der Waals surface area (Å²) in [5.74, 6) is -0.662. The van der Waals surface area contributed by atoms with E-state index in [9.17, 15) is 14.4 Å². The Kier molecular flexibility index (Phi) is 4.66. The summed E-state index contributed by atoms with van der Waals surface area (Å²) >= 11 is 0. The van der Waals surface area contributed by atoms with Gasteiger partial charge in [0, 0.05) is 25.3 Å². The predicted molar refractivity (Wildman–Crippen MR) is 88.0 cm³/mol. The highest BCUT2D eigenvalue weighted by atomic mass is 16.5. The topological polar surface area (TPSA) is 75.7 Å². The van der Waals surface area contributed by atoms with Gasteiger partial charge in [-0.15, -0.1) is 0 Å². The van der Waals surface area contributed by atoms with Crippen LogP contribution in [0.15, 0.2) is 18.2 Å². The van der Waals surface area contributed by atoms with Crippen molar-refractivity contribution in [2.45, 2.75) is 32.8 Å². The molecule has 1 aromatic rings. The van der Waals surface area contributed by atoms with Gasteiger partial charge in [-0.2, -0.15) is 0 Å². The van der Waals surface area contributed by atoms with Crippen LogP contribution in [0.2, 0.25) is 0 Å². The molecule has 6 heteroatoms. The first-order valence-electron chi connectivity index (χ1n) is 8.37. The SMILES string of the molecule is CC(C)CN1C(=O)c2ccc(C(=O)NC[C@@H]3CCCO3)cc2C1=O. The number of imide groups is 1. The molecule has 0 bridgehead atoms. The zero-order valence-electron chi connectivity index (χ0n) is 14.0.